The number of rotatable bonds is 3. The standard InChI is InChI=1S/C14H11Cl2NO/c15-11-7-4-8-12(9-11)17-14(18)13(16)10-5-2-1-3-6-10/h1-9,13H,(H,17,18)/t13-/m0/s1. The van der Waals surface area contributed by atoms with Crippen molar-refractivity contribution in [2.75, 3.05) is 5.32 Å². The van der Waals surface area contributed by atoms with Crippen LogP contribution in [-0.4, -0.2) is 5.91 Å². The molecule has 0 bridgehead atoms. The molecule has 0 radical (unpaired) electrons. The maximum absolute atomic E-state index is 11.9. The van der Waals surface area contributed by atoms with Crippen LogP contribution in [0.4, 0.5) is 5.69 Å². The van der Waals surface area contributed by atoms with Gasteiger partial charge in [0.05, 0.1) is 0 Å². The van der Waals surface area contributed by atoms with Crippen LogP contribution < -0.4 is 5.32 Å². The number of benzene rings is 2. The van der Waals surface area contributed by atoms with E-state index in [0.29, 0.717) is 10.7 Å². The van der Waals surface area contributed by atoms with Gasteiger partial charge in [0.15, 0.2) is 0 Å². The topological polar surface area (TPSA) is 29.1 Å². The Balaban J connectivity index is 2.09. The molecule has 0 fully saturated rings. The van der Waals surface area contributed by atoms with E-state index < -0.39 is 5.38 Å². The number of carbonyl (C=O) groups excluding carboxylic acids is 1. The average molecular weight is 280 g/mol. The summed E-state index contributed by atoms with van der Waals surface area (Å²) in [6.45, 7) is 0. The SMILES string of the molecule is O=C(Nc1cccc(Cl)c1)[C@@H](Cl)c1ccccc1. The van der Waals surface area contributed by atoms with Crippen LogP contribution in [0.2, 0.25) is 5.02 Å². The van der Waals surface area contributed by atoms with Gasteiger partial charge in [0.2, 0.25) is 5.91 Å². The molecule has 0 aliphatic rings. The number of hydrogen-bond donors (Lipinski definition) is 1. The minimum Gasteiger partial charge on any atom is -0.324 e. The summed E-state index contributed by atoms with van der Waals surface area (Å²) in [4.78, 5) is 11.9. The summed E-state index contributed by atoms with van der Waals surface area (Å²) in [5, 5.41) is 2.58. The first kappa shape index (κ1) is 12.9. The van der Waals surface area contributed by atoms with E-state index in [-0.39, 0.29) is 5.91 Å². The molecular weight excluding hydrogens is 269 g/mol. The molecule has 1 amide bonds. The molecule has 2 aromatic carbocycles. The number of amides is 1. The van der Waals surface area contributed by atoms with Gasteiger partial charge in [-0.15, -0.1) is 11.6 Å². The van der Waals surface area contributed by atoms with Gasteiger partial charge >= 0.3 is 0 Å². The molecule has 2 aromatic rings. The van der Waals surface area contributed by atoms with Gasteiger partial charge < -0.3 is 5.32 Å². The van der Waals surface area contributed by atoms with Crippen molar-refractivity contribution in [2.45, 2.75) is 5.38 Å². The average Bonchev–Trinajstić information content (AvgIpc) is 2.39. The minimum absolute atomic E-state index is 0.273. The molecule has 18 heavy (non-hydrogen) atoms. The maximum atomic E-state index is 11.9. The van der Waals surface area contributed by atoms with E-state index >= 15 is 0 Å². The Morgan fingerprint density at radius 1 is 1.06 bits per heavy atom. The number of alkyl halides is 1. The Hall–Kier alpha value is -1.51. The maximum Gasteiger partial charge on any atom is 0.246 e. The van der Waals surface area contributed by atoms with Crippen molar-refractivity contribution in [1.29, 1.82) is 0 Å². The number of anilines is 1. The van der Waals surface area contributed by atoms with Crippen LogP contribution in [0.5, 0.6) is 0 Å². The fraction of sp³-hybridized carbons (Fsp3) is 0.0714. The summed E-state index contributed by atoms with van der Waals surface area (Å²) in [7, 11) is 0. The monoisotopic (exact) mass is 279 g/mol. The molecule has 2 rings (SSSR count). The predicted molar refractivity (Wildman–Crippen MR) is 75.1 cm³/mol. The highest BCUT2D eigenvalue weighted by Crippen LogP contribution is 2.23. The third kappa shape index (κ3) is 3.25. The Kier molecular flexibility index (Phi) is 4.24. The minimum atomic E-state index is -0.717. The first-order chi connectivity index (χ1) is 8.66. The lowest BCUT2D eigenvalue weighted by atomic mass is 10.1. The van der Waals surface area contributed by atoms with Crippen LogP contribution in [-0.2, 0) is 4.79 Å². The molecule has 0 aliphatic carbocycles. The molecule has 92 valence electrons. The Bertz CT molecular complexity index is 543. The molecule has 2 nitrogen and oxygen atoms in total. The van der Waals surface area contributed by atoms with E-state index in [2.05, 4.69) is 5.32 Å². The van der Waals surface area contributed by atoms with Crippen molar-refractivity contribution >= 4 is 34.8 Å². The summed E-state index contributed by atoms with van der Waals surface area (Å²) in [5.41, 5.74) is 1.40. The molecule has 0 unspecified atom stereocenters. The predicted octanol–water partition coefficient (Wildman–Crippen LogP) is 4.26. The largest absolute Gasteiger partial charge is 0.324 e. The van der Waals surface area contributed by atoms with E-state index in [1.165, 1.54) is 0 Å². The normalized spacial score (nSPS) is 11.9. The highest BCUT2D eigenvalue weighted by molar-refractivity contribution is 6.33. The zero-order valence-corrected chi connectivity index (χ0v) is 10.9. The van der Waals surface area contributed by atoms with Gasteiger partial charge in [-0.05, 0) is 23.8 Å². The molecule has 0 saturated carbocycles. The third-order valence-corrected chi connectivity index (χ3v) is 3.10. The van der Waals surface area contributed by atoms with Gasteiger partial charge in [-0.3, -0.25) is 4.79 Å². The lowest BCUT2D eigenvalue weighted by Crippen LogP contribution is -2.17. The second kappa shape index (κ2) is 5.89. The lowest BCUT2D eigenvalue weighted by molar-refractivity contribution is -0.116. The molecule has 0 saturated heterocycles. The van der Waals surface area contributed by atoms with E-state index in [1.54, 1.807) is 24.3 Å². The van der Waals surface area contributed by atoms with Crippen LogP contribution >= 0.6 is 23.2 Å². The van der Waals surface area contributed by atoms with Crippen molar-refractivity contribution in [1.82, 2.24) is 0 Å². The smallest absolute Gasteiger partial charge is 0.246 e. The van der Waals surface area contributed by atoms with E-state index in [1.807, 2.05) is 30.3 Å². The van der Waals surface area contributed by atoms with Crippen LogP contribution in [0.1, 0.15) is 10.9 Å². The van der Waals surface area contributed by atoms with Gasteiger partial charge in [-0.1, -0.05) is 48.0 Å². The van der Waals surface area contributed by atoms with E-state index in [0.717, 1.165) is 5.56 Å². The first-order valence-electron chi connectivity index (χ1n) is 5.42. The molecule has 0 aromatic heterocycles. The van der Waals surface area contributed by atoms with Crippen molar-refractivity contribution in [2.24, 2.45) is 0 Å². The van der Waals surface area contributed by atoms with Gasteiger partial charge in [-0.2, -0.15) is 0 Å². The number of hydrogen-bond acceptors (Lipinski definition) is 1. The van der Waals surface area contributed by atoms with Crippen LogP contribution in [0, 0.1) is 0 Å². The highest BCUT2D eigenvalue weighted by Gasteiger charge is 2.17. The van der Waals surface area contributed by atoms with Gasteiger partial charge in [0.1, 0.15) is 5.38 Å². The van der Waals surface area contributed by atoms with Crippen molar-refractivity contribution in [3.63, 3.8) is 0 Å². The molecular formula is C14H11Cl2NO. The Labute approximate surface area is 116 Å². The summed E-state index contributed by atoms with van der Waals surface area (Å²) in [6, 6.07) is 16.1. The summed E-state index contributed by atoms with van der Waals surface area (Å²) < 4.78 is 0. The van der Waals surface area contributed by atoms with Gasteiger partial charge in [0.25, 0.3) is 0 Å². The Morgan fingerprint density at radius 2 is 1.78 bits per heavy atom. The summed E-state index contributed by atoms with van der Waals surface area (Å²) in [5.74, 6) is -0.273. The number of nitrogens with one attached hydrogen (secondary N) is 1. The third-order valence-electron chi connectivity index (χ3n) is 2.41. The lowest BCUT2D eigenvalue weighted by Gasteiger charge is -2.10. The van der Waals surface area contributed by atoms with Crippen LogP contribution in [0.15, 0.2) is 54.6 Å². The van der Waals surface area contributed by atoms with Crippen LogP contribution in [0.3, 0.4) is 0 Å². The number of carbonyl (C=O) groups is 1. The Morgan fingerprint density at radius 3 is 2.44 bits per heavy atom. The number of halogens is 2. The van der Waals surface area contributed by atoms with Gasteiger partial charge in [0, 0.05) is 10.7 Å². The fourth-order valence-electron chi connectivity index (χ4n) is 1.55. The highest BCUT2D eigenvalue weighted by atomic mass is 35.5. The fourth-order valence-corrected chi connectivity index (χ4v) is 1.94. The van der Waals surface area contributed by atoms with Gasteiger partial charge in [-0.25, -0.2) is 0 Å². The zero-order chi connectivity index (χ0) is 13.0. The zero-order valence-electron chi connectivity index (χ0n) is 9.44. The molecule has 4 heteroatoms. The molecule has 1 atom stereocenters. The van der Waals surface area contributed by atoms with Crippen molar-refractivity contribution in [3.8, 4) is 0 Å². The molecule has 0 spiro atoms. The van der Waals surface area contributed by atoms with E-state index in [9.17, 15) is 4.79 Å². The molecule has 0 aliphatic heterocycles. The molecule has 0 heterocycles. The summed E-state index contributed by atoms with van der Waals surface area (Å²) >= 11 is 11.9. The summed E-state index contributed by atoms with van der Waals surface area (Å²) in [6.07, 6.45) is 0. The van der Waals surface area contributed by atoms with Crippen molar-refractivity contribution in [3.05, 3.63) is 65.2 Å². The van der Waals surface area contributed by atoms with E-state index in [4.69, 9.17) is 23.2 Å². The quantitative estimate of drug-likeness (QED) is 0.836. The second-order valence-corrected chi connectivity index (χ2v) is 4.65. The molecule has 1 N–H and O–H groups in total. The van der Waals surface area contributed by atoms with Crippen LogP contribution in [0.25, 0.3) is 0 Å². The van der Waals surface area contributed by atoms with Crippen molar-refractivity contribution < 1.29 is 4.79 Å². The first-order valence-corrected chi connectivity index (χ1v) is 6.24. The second-order valence-electron chi connectivity index (χ2n) is 3.77.